The molecule has 0 spiro atoms. The third-order valence-corrected chi connectivity index (χ3v) is 5.57. The first-order valence-corrected chi connectivity index (χ1v) is 10.1. The van der Waals surface area contributed by atoms with Crippen LogP contribution in [0.3, 0.4) is 0 Å². The maximum Gasteiger partial charge on any atom is 0.239 e. The number of sulfonamides is 1. The molecule has 1 fully saturated rings. The van der Waals surface area contributed by atoms with Crippen LogP contribution in [0.2, 0.25) is 0 Å². The highest BCUT2D eigenvalue weighted by atomic mass is 32.2. The van der Waals surface area contributed by atoms with Gasteiger partial charge in [0, 0.05) is 31.0 Å². The molecule has 2 aromatic heterocycles. The molecule has 1 aliphatic heterocycles. The van der Waals surface area contributed by atoms with E-state index in [1.54, 1.807) is 12.4 Å². The summed E-state index contributed by atoms with van der Waals surface area (Å²) in [5, 5.41) is 14.9. The van der Waals surface area contributed by atoms with E-state index in [1.807, 2.05) is 18.2 Å². The smallest absolute Gasteiger partial charge is 0.239 e. The van der Waals surface area contributed by atoms with Gasteiger partial charge in [-0.3, -0.25) is 9.97 Å². The summed E-state index contributed by atoms with van der Waals surface area (Å²) in [7, 11) is -3.82. The fraction of sp³-hybridized carbons (Fsp3) is 0.278. The Morgan fingerprint density at radius 3 is 2.56 bits per heavy atom. The fourth-order valence-corrected chi connectivity index (χ4v) is 3.66. The number of aromatic nitrogens is 3. The molecule has 1 saturated heterocycles. The zero-order valence-corrected chi connectivity index (χ0v) is 15.3. The van der Waals surface area contributed by atoms with E-state index in [9.17, 15) is 13.5 Å². The van der Waals surface area contributed by atoms with E-state index in [4.69, 9.17) is 10.1 Å². The molecule has 4 rings (SSSR count). The minimum Gasteiger partial charge on any atom is -0.393 e. The molecule has 3 heterocycles. The molecule has 0 bridgehead atoms. The number of rotatable bonds is 3. The number of aliphatic hydroxyl groups is 1. The van der Waals surface area contributed by atoms with Gasteiger partial charge in [0.05, 0.1) is 23.3 Å². The summed E-state index contributed by atoms with van der Waals surface area (Å²) < 4.78 is 23.1. The van der Waals surface area contributed by atoms with E-state index in [0.29, 0.717) is 23.9 Å². The Bertz CT molecular complexity index is 1100. The van der Waals surface area contributed by atoms with Gasteiger partial charge in [0.15, 0.2) is 0 Å². The lowest BCUT2D eigenvalue weighted by atomic mass is 10.1. The lowest BCUT2D eigenvalue weighted by Crippen LogP contribution is -2.36. The maximum absolute atomic E-state index is 11.6. The third-order valence-electron chi connectivity index (χ3n) is 4.69. The van der Waals surface area contributed by atoms with Crippen molar-refractivity contribution in [2.24, 2.45) is 5.14 Å². The Hall–Kier alpha value is -2.62. The molecule has 140 valence electrons. The lowest BCUT2D eigenvalue weighted by Gasteiger charge is -2.30. The molecule has 0 atom stereocenters. The molecule has 0 aliphatic carbocycles. The highest BCUT2D eigenvalue weighted by Crippen LogP contribution is 2.26. The van der Waals surface area contributed by atoms with E-state index in [2.05, 4.69) is 14.9 Å². The number of hydrogen-bond acceptors (Lipinski definition) is 7. The van der Waals surface area contributed by atoms with Crippen LogP contribution in [0.15, 0.2) is 47.8 Å². The standard InChI is InChI=1S/C18H19N5O3S/c19-27(25,26)15-7-13(9-20-10-15)12-1-2-16-17(8-12)22-18(11-21-16)23-5-3-14(24)4-6-23/h1-2,7-11,14,24H,3-6H2,(H2,19,25,26). The Kier molecular flexibility index (Phi) is 4.50. The van der Waals surface area contributed by atoms with Crippen LogP contribution in [-0.2, 0) is 10.0 Å². The molecule has 0 radical (unpaired) electrons. The van der Waals surface area contributed by atoms with Crippen LogP contribution in [-0.4, -0.2) is 47.7 Å². The molecule has 3 N–H and O–H groups in total. The Balaban J connectivity index is 1.71. The summed E-state index contributed by atoms with van der Waals surface area (Å²) in [6, 6.07) is 7.03. The first-order chi connectivity index (χ1) is 12.9. The van der Waals surface area contributed by atoms with Gasteiger partial charge < -0.3 is 10.0 Å². The van der Waals surface area contributed by atoms with Gasteiger partial charge >= 0.3 is 0 Å². The summed E-state index contributed by atoms with van der Waals surface area (Å²) in [5.74, 6) is 0.767. The summed E-state index contributed by atoms with van der Waals surface area (Å²) >= 11 is 0. The molecule has 1 aromatic carbocycles. The Labute approximate surface area is 156 Å². The molecule has 0 saturated carbocycles. The van der Waals surface area contributed by atoms with E-state index >= 15 is 0 Å². The number of piperidine rings is 1. The van der Waals surface area contributed by atoms with Crippen LogP contribution in [0.25, 0.3) is 22.2 Å². The number of fused-ring (bicyclic) bond motifs is 1. The van der Waals surface area contributed by atoms with Gasteiger partial charge in [0.25, 0.3) is 0 Å². The van der Waals surface area contributed by atoms with Crippen LogP contribution >= 0.6 is 0 Å². The average molecular weight is 385 g/mol. The minimum absolute atomic E-state index is 0.0354. The van der Waals surface area contributed by atoms with Crippen molar-refractivity contribution in [3.05, 3.63) is 42.9 Å². The van der Waals surface area contributed by atoms with Gasteiger partial charge in [-0.05, 0) is 36.6 Å². The minimum atomic E-state index is -3.82. The fourth-order valence-electron chi connectivity index (χ4n) is 3.16. The van der Waals surface area contributed by atoms with E-state index in [1.165, 1.54) is 12.3 Å². The van der Waals surface area contributed by atoms with Crippen molar-refractivity contribution in [2.75, 3.05) is 18.0 Å². The first kappa shape index (κ1) is 17.8. The first-order valence-electron chi connectivity index (χ1n) is 8.58. The predicted molar refractivity (Wildman–Crippen MR) is 102 cm³/mol. The largest absolute Gasteiger partial charge is 0.393 e. The number of pyridine rings is 1. The van der Waals surface area contributed by atoms with Gasteiger partial charge in [0.1, 0.15) is 10.7 Å². The molecule has 9 heteroatoms. The van der Waals surface area contributed by atoms with Crippen molar-refractivity contribution in [2.45, 2.75) is 23.8 Å². The Morgan fingerprint density at radius 2 is 1.81 bits per heavy atom. The molecule has 27 heavy (non-hydrogen) atoms. The highest BCUT2D eigenvalue weighted by Gasteiger charge is 2.18. The summed E-state index contributed by atoms with van der Waals surface area (Å²) in [4.78, 5) is 15.2. The lowest BCUT2D eigenvalue weighted by molar-refractivity contribution is 0.145. The van der Waals surface area contributed by atoms with Crippen LogP contribution in [0.5, 0.6) is 0 Å². The second-order valence-electron chi connectivity index (χ2n) is 6.60. The van der Waals surface area contributed by atoms with Crippen LogP contribution in [0, 0.1) is 0 Å². The third kappa shape index (κ3) is 3.75. The summed E-state index contributed by atoms with van der Waals surface area (Å²) in [5.41, 5.74) is 2.87. The normalized spacial score (nSPS) is 16.0. The predicted octanol–water partition coefficient (Wildman–Crippen LogP) is 1.30. The van der Waals surface area contributed by atoms with Gasteiger partial charge in [0.2, 0.25) is 10.0 Å². The average Bonchev–Trinajstić information content (AvgIpc) is 2.67. The second kappa shape index (κ2) is 6.84. The molecule has 0 unspecified atom stereocenters. The quantitative estimate of drug-likeness (QED) is 0.697. The van der Waals surface area contributed by atoms with Crippen molar-refractivity contribution in [1.82, 2.24) is 15.0 Å². The molecule has 0 amide bonds. The van der Waals surface area contributed by atoms with Gasteiger partial charge in [-0.2, -0.15) is 0 Å². The summed E-state index contributed by atoms with van der Waals surface area (Å²) in [6.07, 6.45) is 5.72. The Morgan fingerprint density at radius 1 is 1.04 bits per heavy atom. The monoisotopic (exact) mass is 385 g/mol. The highest BCUT2D eigenvalue weighted by molar-refractivity contribution is 7.89. The number of anilines is 1. The number of benzene rings is 1. The van der Waals surface area contributed by atoms with Crippen molar-refractivity contribution in [1.29, 1.82) is 0 Å². The van der Waals surface area contributed by atoms with Crippen LogP contribution < -0.4 is 10.0 Å². The van der Waals surface area contributed by atoms with Crippen molar-refractivity contribution >= 4 is 26.9 Å². The number of primary sulfonamides is 1. The second-order valence-corrected chi connectivity index (χ2v) is 8.17. The van der Waals surface area contributed by atoms with E-state index in [0.717, 1.165) is 30.0 Å². The zero-order chi connectivity index (χ0) is 19.0. The van der Waals surface area contributed by atoms with E-state index in [-0.39, 0.29) is 11.0 Å². The summed E-state index contributed by atoms with van der Waals surface area (Å²) in [6.45, 7) is 1.47. The number of hydrogen-bond donors (Lipinski definition) is 2. The maximum atomic E-state index is 11.6. The van der Waals surface area contributed by atoms with Gasteiger partial charge in [-0.15, -0.1) is 0 Å². The molecule has 3 aromatic rings. The molecule has 1 aliphatic rings. The SMILES string of the molecule is NS(=O)(=O)c1cncc(-c2ccc3ncc(N4CCC(O)CC4)nc3c2)c1. The van der Waals surface area contributed by atoms with Crippen LogP contribution in [0.4, 0.5) is 5.82 Å². The van der Waals surface area contributed by atoms with Gasteiger partial charge in [-0.1, -0.05) is 6.07 Å². The van der Waals surface area contributed by atoms with Crippen LogP contribution in [0.1, 0.15) is 12.8 Å². The topological polar surface area (TPSA) is 122 Å². The zero-order valence-electron chi connectivity index (χ0n) is 14.5. The molecular formula is C18H19N5O3S. The van der Waals surface area contributed by atoms with Crippen molar-refractivity contribution < 1.29 is 13.5 Å². The van der Waals surface area contributed by atoms with Gasteiger partial charge in [-0.25, -0.2) is 18.5 Å². The molecule has 8 nitrogen and oxygen atoms in total. The van der Waals surface area contributed by atoms with Crippen molar-refractivity contribution in [3.63, 3.8) is 0 Å². The number of nitrogens with two attached hydrogens (primary N) is 1. The number of nitrogens with zero attached hydrogens (tertiary/aromatic N) is 4. The van der Waals surface area contributed by atoms with Crippen molar-refractivity contribution in [3.8, 4) is 11.1 Å². The molecular weight excluding hydrogens is 366 g/mol. The number of aliphatic hydroxyl groups excluding tert-OH is 1. The van der Waals surface area contributed by atoms with E-state index < -0.39 is 10.0 Å².